The number of amides is 1. The van der Waals surface area contributed by atoms with E-state index in [1.54, 1.807) is 25.3 Å². The van der Waals surface area contributed by atoms with E-state index in [1.807, 2.05) is 6.07 Å². The Labute approximate surface area is 115 Å². The number of aromatic hydroxyl groups is 2. The SMILES string of the molecule is CC(=NNC(=O)c1ccc(O)cc1O)c1ccccn1. The number of hydrogen-bond donors (Lipinski definition) is 3. The van der Waals surface area contributed by atoms with Crippen molar-refractivity contribution in [3.63, 3.8) is 0 Å². The molecule has 1 aromatic carbocycles. The largest absolute Gasteiger partial charge is 0.508 e. The Morgan fingerprint density at radius 1 is 1.25 bits per heavy atom. The zero-order valence-corrected chi connectivity index (χ0v) is 10.7. The fraction of sp³-hybridized carbons (Fsp3) is 0.0714. The number of nitrogens with zero attached hydrogens (tertiary/aromatic N) is 2. The first-order valence-corrected chi connectivity index (χ1v) is 5.86. The summed E-state index contributed by atoms with van der Waals surface area (Å²) in [6.45, 7) is 1.71. The van der Waals surface area contributed by atoms with Crippen molar-refractivity contribution in [2.75, 3.05) is 0 Å². The van der Waals surface area contributed by atoms with Crippen molar-refractivity contribution in [2.24, 2.45) is 5.10 Å². The Balaban J connectivity index is 2.12. The average Bonchev–Trinajstić information content (AvgIpc) is 2.45. The van der Waals surface area contributed by atoms with E-state index in [2.05, 4.69) is 15.5 Å². The lowest BCUT2D eigenvalue weighted by Gasteiger charge is -2.04. The Morgan fingerprint density at radius 2 is 2.05 bits per heavy atom. The van der Waals surface area contributed by atoms with Crippen molar-refractivity contribution in [3.8, 4) is 11.5 Å². The maximum Gasteiger partial charge on any atom is 0.275 e. The van der Waals surface area contributed by atoms with Crippen molar-refractivity contribution < 1.29 is 15.0 Å². The number of pyridine rings is 1. The third kappa shape index (κ3) is 3.11. The second-order valence-corrected chi connectivity index (χ2v) is 4.05. The molecule has 1 amide bonds. The molecule has 6 nitrogen and oxygen atoms in total. The standard InChI is InChI=1S/C14H13N3O3/c1-9(12-4-2-3-7-15-12)16-17-14(20)11-6-5-10(18)8-13(11)19/h2-8,18-19H,1H3,(H,17,20). The predicted molar refractivity (Wildman–Crippen MR) is 73.7 cm³/mol. The summed E-state index contributed by atoms with van der Waals surface area (Å²) in [6, 6.07) is 9.07. The highest BCUT2D eigenvalue weighted by molar-refractivity contribution is 6.00. The van der Waals surface area contributed by atoms with Crippen molar-refractivity contribution in [1.82, 2.24) is 10.4 Å². The highest BCUT2D eigenvalue weighted by Gasteiger charge is 2.11. The molecule has 0 fully saturated rings. The van der Waals surface area contributed by atoms with E-state index in [1.165, 1.54) is 12.1 Å². The third-order valence-electron chi connectivity index (χ3n) is 2.59. The molecule has 1 heterocycles. The van der Waals surface area contributed by atoms with Crippen LogP contribution in [-0.2, 0) is 0 Å². The van der Waals surface area contributed by atoms with Gasteiger partial charge < -0.3 is 10.2 Å². The van der Waals surface area contributed by atoms with Gasteiger partial charge >= 0.3 is 0 Å². The van der Waals surface area contributed by atoms with Gasteiger partial charge in [-0.15, -0.1) is 0 Å². The number of benzene rings is 1. The summed E-state index contributed by atoms with van der Waals surface area (Å²) in [5.41, 5.74) is 3.53. The summed E-state index contributed by atoms with van der Waals surface area (Å²) in [7, 11) is 0. The second-order valence-electron chi connectivity index (χ2n) is 4.05. The smallest absolute Gasteiger partial charge is 0.275 e. The lowest BCUT2D eigenvalue weighted by Crippen LogP contribution is -2.19. The molecule has 20 heavy (non-hydrogen) atoms. The Hall–Kier alpha value is -2.89. The molecule has 0 aliphatic rings. The van der Waals surface area contributed by atoms with E-state index in [0.717, 1.165) is 6.07 Å². The normalized spacial score (nSPS) is 11.2. The molecule has 0 unspecified atom stereocenters. The van der Waals surface area contributed by atoms with Crippen molar-refractivity contribution in [3.05, 3.63) is 53.9 Å². The van der Waals surface area contributed by atoms with Crippen LogP contribution in [0.25, 0.3) is 0 Å². The van der Waals surface area contributed by atoms with Crippen LogP contribution < -0.4 is 5.43 Å². The zero-order valence-electron chi connectivity index (χ0n) is 10.7. The molecule has 2 aromatic rings. The first-order chi connectivity index (χ1) is 9.58. The lowest BCUT2D eigenvalue weighted by atomic mass is 10.2. The predicted octanol–water partition coefficient (Wildman–Crippen LogP) is 1.65. The van der Waals surface area contributed by atoms with Gasteiger partial charge in [0, 0.05) is 12.3 Å². The minimum atomic E-state index is -0.571. The zero-order chi connectivity index (χ0) is 14.5. The van der Waals surface area contributed by atoms with Crippen LogP contribution >= 0.6 is 0 Å². The van der Waals surface area contributed by atoms with Crippen LogP contribution in [-0.4, -0.2) is 26.8 Å². The van der Waals surface area contributed by atoms with Crippen LogP contribution in [0.4, 0.5) is 0 Å². The fourth-order valence-electron chi connectivity index (χ4n) is 1.54. The quantitative estimate of drug-likeness (QED) is 0.584. The van der Waals surface area contributed by atoms with E-state index >= 15 is 0 Å². The van der Waals surface area contributed by atoms with Crippen LogP contribution in [0.1, 0.15) is 23.0 Å². The molecule has 0 saturated heterocycles. The number of hydrogen-bond acceptors (Lipinski definition) is 5. The lowest BCUT2D eigenvalue weighted by molar-refractivity contribution is 0.0952. The number of rotatable bonds is 3. The van der Waals surface area contributed by atoms with Gasteiger partial charge in [0.2, 0.25) is 0 Å². The van der Waals surface area contributed by atoms with Gasteiger partial charge in [-0.1, -0.05) is 6.07 Å². The van der Waals surface area contributed by atoms with Gasteiger partial charge in [-0.3, -0.25) is 9.78 Å². The van der Waals surface area contributed by atoms with Crippen molar-refractivity contribution >= 4 is 11.6 Å². The Bertz CT molecular complexity index is 654. The van der Waals surface area contributed by atoms with Crippen LogP contribution in [0.15, 0.2) is 47.7 Å². The minimum absolute atomic E-state index is 0.0281. The summed E-state index contributed by atoms with van der Waals surface area (Å²) < 4.78 is 0. The molecule has 0 radical (unpaired) electrons. The number of carbonyl (C=O) groups is 1. The van der Waals surface area contributed by atoms with Crippen LogP contribution in [0.3, 0.4) is 0 Å². The van der Waals surface area contributed by atoms with Gasteiger partial charge in [-0.2, -0.15) is 5.10 Å². The second kappa shape index (κ2) is 5.83. The summed E-state index contributed by atoms with van der Waals surface area (Å²) in [5.74, 6) is -1.00. The molecule has 0 spiro atoms. The molecule has 0 bridgehead atoms. The molecule has 2 rings (SSSR count). The number of nitrogens with one attached hydrogen (secondary N) is 1. The molecule has 102 valence electrons. The van der Waals surface area contributed by atoms with Gasteiger partial charge in [-0.25, -0.2) is 5.43 Å². The van der Waals surface area contributed by atoms with Gasteiger partial charge in [0.05, 0.1) is 17.0 Å². The van der Waals surface area contributed by atoms with Crippen LogP contribution in [0.2, 0.25) is 0 Å². The van der Waals surface area contributed by atoms with E-state index in [9.17, 15) is 9.90 Å². The molecular weight excluding hydrogens is 258 g/mol. The highest BCUT2D eigenvalue weighted by Crippen LogP contribution is 2.22. The van der Waals surface area contributed by atoms with Gasteiger partial charge in [0.15, 0.2) is 0 Å². The first kappa shape index (κ1) is 13.5. The van der Waals surface area contributed by atoms with Gasteiger partial charge in [0.1, 0.15) is 11.5 Å². The number of aromatic nitrogens is 1. The average molecular weight is 271 g/mol. The highest BCUT2D eigenvalue weighted by atomic mass is 16.3. The molecular formula is C14H13N3O3. The molecule has 0 aliphatic heterocycles. The third-order valence-corrected chi connectivity index (χ3v) is 2.59. The summed E-state index contributed by atoms with van der Waals surface area (Å²) in [5, 5.41) is 22.6. The topological polar surface area (TPSA) is 94.8 Å². The van der Waals surface area contributed by atoms with Crippen LogP contribution in [0.5, 0.6) is 11.5 Å². The van der Waals surface area contributed by atoms with E-state index < -0.39 is 5.91 Å². The molecule has 1 aromatic heterocycles. The Morgan fingerprint density at radius 3 is 2.70 bits per heavy atom. The minimum Gasteiger partial charge on any atom is -0.508 e. The van der Waals surface area contributed by atoms with E-state index in [-0.39, 0.29) is 17.1 Å². The molecule has 3 N–H and O–H groups in total. The number of hydrazone groups is 1. The summed E-state index contributed by atoms with van der Waals surface area (Å²) >= 11 is 0. The van der Waals surface area contributed by atoms with Gasteiger partial charge in [0.25, 0.3) is 5.91 Å². The van der Waals surface area contributed by atoms with Crippen molar-refractivity contribution in [1.29, 1.82) is 0 Å². The number of phenols is 2. The number of carbonyl (C=O) groups excluding carboxylic acids is 1. The Kier molecular flexibility index (Phi) is 3.95. The summed E-state index contributed by atoms with van der Waals surface area (Å²) in [4.78, 5) is 15.9. The maximum absolute atomic E-state index is 11.8. The molecule has 0 saturated carbocycles. The van der Waals surface area contributed by atoms with Crippen molar-refractivity contribution in [2.45, 2.75) is 6.92 Å². The first-order valence-electron chi connectivity index (χ1n) is 5.86. The monoisotopic (exact) mass is 271 g/mol. The molecule has 0 aliphatic carbocycles. The summed E-state index contributed by atoms with van der Waals surface area (Å²) in [6.07, 6.45) is 1.63. The van der Waals surface area contributed by atoms with E-state index in [4.69, 9.17) is 5.11 Å². The van der Waals surface area contributed by atoms with E-state index in [0.29, 0.717) is 11.4 Å². The van der Waals surface area contributed by atoms with Crippen LogP contribution in [0, 0.1) is 0 Å². The maximum atomic E-state index is 11.8. The molecule has 0 atom stereocenters. The molecule has 6 heteroatoms. The number of phenolic OH excluding ortho intramolecular Hbond substituents is 2. The fourth-order valence-corrected chi connectivity index (χ4v) is 1.54. The van der Waals surface area contributed by atoms with Gasteiger partial charge in [-0.05, 0) is 31.2 Å².